The molecule has 3 aromatic carbocycles. The van der Waals surface area contributed by atoms with Crippen LogP contribution in [0, 0.1) is 0 Å². The van der Waals surface area contributed by atoms with E-state index in [1.165, 1.54) is 10.6 Å². The van der Waals surface area contributed by atoms with Crippen LogP contribution in [-0.2, 0) is 10.0 Å². The molecule has 39 heavy (non-hydrogen) atoms. The van der Waals surface area contributed by atoms with E-state index < -0.39 is 10.0 Å². The molecule has 0 bridgehead atoms. The summed E-state index contributed by atoms with van der Waals surface area (Å²) < 4.78 is 26.3. The van der Waals surface area contributed by atoms with Crippen LogP contribution in [0.1, 0.15) is 11.1 Å². The van der Waals surface area contributed by atoms with Gasteiger partial charge in [-0.05, 0) is 68.7 Å². The zero-order valence-electron chi connectivity index (χ0n) is 21.8. The average molecular weight is 562 g/mol. The SMILES string of the molecule is CN(C)CCN(c1ccc(N=C(c2ccc3ncccc3c2)c2c(O)[nH]c3cc(Cl)ccc23)cc1)S(C)(=O)=O. The second-order valence-corrected chi connectivity index (χ2v) is 11.9. The van der Waals surface area contributed by atoms with Crippen molar-refractivity contribution in [3.63, 3.8) is 0 Å². The summed E-state index contributed by atoms with van der Waals surface area (Å²) in [5.74, 6) is -0.0270. The first kappa shape index (κ1) is 26.7. The van der Waals surface area contributed by atoms with E-state index in [1.54, 1.807) is 42.6 Å². The number of aromatic hydroxyl groups is 1. The Balaban J connectivity index is 1.64. The largest absolute Gasteiger partial charge is 0.494 e. The van der Waals surface area contributed by atoms with E-state index in [9.17, 15) is 13.5 Å². The molecule has 0 unspecified atom stereocenters. The molecule has 0 aliphatic carbocycles. The lowest BCUT2D eigenvalue weighted by atomic mass is 9.99. The molecule has 0 aliphatic rings. The minimum atomic E-state index is -3.47. The summed E-state index contributed by atoms with van der Waals surface area (Å²) in [5, 5.41) is 13.2. The number of nitrogens with one attached hydrogen (secondary N) is 1. The number of aliphatic imine (C=N–C) groups is 1. The van der Waals surface area contributed by atoms with Crippen molar-refractivity contribution in [2.75, 3.05) is 37.7 Å². The number of hydrogen-bond donors (Lipinski definition) is 2. The van der Waals surface area contributed by atoms with E-state index in [2.05, 4.69) is 9.97 Å². The number of halogens is 1. The molecule has 0 atom stereocenters. The van der Waals surface area contributed by atoms with Crippen LogP contribution < -0.4 is 4.31 Å². The van der Waals surface area contributed by atoms with Gasteiger partial charge in [0.1, 0.15) is 0 Å². The molecule has 10 heteroatoms. The summed E-state index contributed by atoms with van der Waals surface area (Å²) >= 11 is 6.20. The number of rotatable bonds is 8. The van der Waals surface area contributed by atoms with Crippen molar-refractivity contribution in [2.45, 2.75) is 0 Å². The maximum atomic E-state index is 12.5. The molecule has 5 rings (SSSR count). The van der Waals surface area contributed by atoms with Crippen molar-refractivity contribution in [1.29, 1.82) is 0 Å². The van der Waals surface area contributed by atoms with Crippen LogP contribution in [0.4, 0.5) is 11.4 Å². The van der Waals surface area contributed by atoms with E-state index >= 15 is 0 Å². The summed E-state index contributed by atoms with van der Waals surface area (Å²) in [6, 6.07) is 22.1. The van der Waals surface area contributed by atoms with E-state index in [1.807, 2.05) is 55.4 Å². The molecule has 2 N–H and O–H groups in total. The Bertz CT molecular complexity index is 1800. The molecule has 0 saturated carbocycles. The molecule has 8 nitrogen and oxygen atoms in total. The van der Waals surface area contributed by atoms with Gasteiger partial charge >= 0.3 is 0 Å². The highest BCUT2D eigenvalue weighted by molar-refractivity contribution is 7.92. The monoisotopic (exact) mass is 561 g/mol. The molecule has 0 aliphatic heterocycles. The summed E-state index contributed by atoms with van der Waals surface area (Å²) in [6.07, 6.45) is 2.94. The fraction of sp³-hybridized carbons (Fsp3) is 0.172. The van der Waals surface area contributed by atoms with Gasteiger partial charge in [0, 0.05) is 40.6 Å². The first-order chi connectivity index (χ1) is 18.6. The normalized spacial score (nSPS) is 12.5. The number of pyridine rings is 1. The van der Waals surface area contributed by atoms with Crippen LogP contribution in [-0.4, -0.2) is 67.5 Å². The predicted molar refractivity (Wildman–Crippen MR) is 159 cm³/mol. The minimum Gasteiger partial charge on any atom is -0.494 e. The van der Waals surface area contributed by atoms with Gasteiger partial charge in [-0.1, -0.05) is 29.8 Å². The highest BCUT2D eigenvalue weighted by Gasteiger charge is 2.20. The fourth-order valence-electron chi connectivity index (χ4n) is 4.48. The van der Waals surface area contributed by atoms with Crippen LogP contribution in [0.2, 0.25) is 5.02 Å². The predicted octanol–water partition coefficient (Wildman–Crippen LogP) is 5.57. The van der Waals surface area contributed by atoms with E-state index in [0.29, 0.717) is 46.3 Å². The summed E-state index contributed by atoms with van der Waals surface area (Å²) in [4.78, 5) is 14.3. The maximum absolute atomic E-state index is 12.5. The minimum absolute atomic E-state index is 0.0270. The second-order valence-electron chi connectivity index (χ2n) is 9.56. The molecule has 0 saturated heterocycles. The van der Waals surface area contributed by atoms with Crippen LogP contribution in [0.25, 0.3) is 21.8 Å². The van der Waals surface area contributed by atoms with Gasteiger partial charge in [0.05, 0.1) is 39.9 Å². The Kier molecular flexibility index (Phi) is 7.31. The van der Waals surface area contributed by atoms with Gasteiger partial charge in [0.25, 0.3) is 0 Å². The molecule has 5 aromatic rings. The van der Waals surface area contributed by atoms with Gasteiger partial charge in [-0.15, -0.1) is 0 Å². The molecule has 0 amide bonds. The summed E-state index contributed by atoms with van der Waals surface area (Å²) in [7, 11) is 0.334. The highest BCUT2D eigenvalue weighted by Crippen LogP contribution is 2.34. The van der Waals surface area contributed by atoms with Crippen molar-refractivity contribution in [1.82, 2.24) is 14.9 Å². The molecule has 200 valence electrons. The quantitative estimate of drug-likeness (QED) is 0.241. The highest BCUT2D eigenvalue weighted by atomic mass is 35.5. The van der Waals surface area contributed by atoms with Crippen molar-refractivity contribution in [2.24, 2.45) is 4.99 Å². The van der Waals surface area contributed by atoms with Crippen molar-refractivity contribution in [3.05, 3.63) is 95.1 Å². The van der Waals surface area contributed by atoms with Gasteiger partial charge in [-0.3, -0.25) is 9.29 Å². The van der Waals surface area contributed by atoms with Gasteiger partial charge in [0.2, 0.25) is 10.0 Å². The number of fused-ring (bicyclic) bond motifs is 2. The fourth-order valence-corrected chi connectivity index (χ4v) is 5.57. The van der Waals surface area contributed by atoms with Crippen molar-refractivity contribution >= 4 is 60.5 Å². The molecule has 0 radical (unpaired) electrons. The molecule has 2 aromatic heterocycles. The zero-order chi connectivity index (χ0) is 27.7. The third kappa shape index (κ3) is 5.75. The third-order valence-electron chi connectivity index (χ3n) is 6.38. The summed E-state index contributed by atoms with van der Waals surface area (Å²) in [6.45, 7) is 0.911. The number of sulfonamides is 1. The van der Waals surface area contributed by atoms with E-state index in [4.69, 9.17) is 16.6 Å². The lowest BCUT2D eigenvalue weighted by molar-refractivity contribution is 0.419. The number of benzene rings is 3. The average Bonchev–Trinajstić information content (AvgIpc) is 3.21. The zero-order valence-corrected chi connectivity index (χ0v) is 23.3. The lowest BCUT2D eigenvalue weighted by Gasteiger charge is -2.24. The van der Waals surface area contributed by atoms with Crippen LogP contribution in [0.3, 0.4) is 0 Å². The van der Waals surface area contributed by atoms with Crippen LogP contribution in [0.15, 0.2) is 84.0 Å². The van der Waals surface area contributed by atoms with Crippen LogP contribution >= 0.6 is 11.6 Å². The van der Waals surface area contributed by atoms with Gasteiger partial charge in [-0.25, -0.2) is 13.4 Å². The Morgan fingerprint density at radius 2 is 1.79 bits per heavy atom. The summed E-state index contributed by atoms with van der Waals surface area (Å²) in [5.41, 5.74) is 4.56. The standard InChI is InChI=1S/C29H28ClN5O3S/c1-34(2)15-16-35(39(3,37)38)23-10-8-22(9-11-23)32-28(20-6-13-25-19(17-20)5-4-14-31-25)27-24-12-7-21(30)18-26(24)33-29(27)36/h4-14,17-18,33,36H,15-16H2,1-3H3. The molecule has 0 spiro atoms. The number of aromatic nitrogens is 2. The number of likely N-dealkylation sites (N-methyl/N-ethyl adjacent to an activating group) is 1. The number of nitrogens with zero attached hydrogens (tertiary/aromatic N) is 4. The Labute approximate surface area is 232 Å². The Morgan fingerprint density at radius 1 is 1.03 bits per heavy atom. The van der Waals surface area contributed by atoms with Gasteiger partial charge in [-0.2, -0.15) is 0 Å². The number of aromatic amines is 1. The van der Waals surface area contributed by atoms with Gasteiger partial charge in [0.15, 0.2) is 5.88 Å². The smallest absolute Gasteiger partial charge is 0.232 e. The molecule has 0 fully saturated rings. The number of anilines is 1. The Hall–Kier alpha value is -3.92. The number of H-pyrrole nitrogens is 1. The molecular formula is C29H28ClN5O3S. The Morgan fingerprint density at radius 3 is 2.51 bits per heavy atom. The lowest BCUT2D eigenvalue weighted by Crippen LogP contribution is -2.35. The van der Waals surface area contributed by atoms with E-state index in [-0.39, 0.29) is 5.88 Å². The topological polar surface area (TPSA) is 102 Å². The molecule has 2 heterocycles. The molecular weight excluding hydrogens is 534 g/mol. The van der Waals surface area contributed by atoms with Gasteiger partial charge < -0.3 is 15.0 Å². The second kappa shape index (κ2) is 10.7. The third-order valence-corrected chi connectivity index (χ3v) is 7.81. The van der Waals surface area contributed by atoms with Crippen molar-refractivity contribution in [3.8, 4) is 5.88 Å². The number of hydrogen-bond acceptors (Lipinski definition) is 6. The maximum Gasteiger partial charge on any atom is 0.232 e. The van der Waals surface area contributed by atoms with Crippen LogP contribution in [0.5, 0.6) is 5.88 Å². The first-order valence-electron chi connectivity index (χ1n) is 12.3. The van der Waals surface area contributed by atoms with E-state index in [0.717, 1.165) is 21.9 Å². The van der Waals surface area contributed by atoms with Crippen molar-refractivity contribution < 1.29 is 13.5 Å². The first-order valence-corrected chi connectivity index (χ1v) is 14.5.